The monoisotopic (exact) mass is 269 g/mol. The summed E-state index contributed by atoms with van der Waals surface area (Å²) in [6.07, 6.45) is 2.27. The molecule has 4 heteroatoms. The van der Waals surface area contributed by atoms with Gasteiger partial charge in [-0.05, 0) is 37.8 Å². The van der Waals surface area contributed by atoms with E-state index in [0.717, 1.165) is 30.3 Å². The maximum absolute atomic E-state index is 5.69. The highest BCUT2D eigenvalue weighted by atomic mass is 32.2. The molecule has 102 valence electrons. The van der Waals surface area contributed by atoms with Crippen molar-refractivity contribution in [1.29, 1.82) is 0 Å². The smallest absolute Gasteiger partial charge is 0.161 e. The van der Waals surface area contributed by atoms with E-state index in [2.05, 4.69) is 17.6 Å². The van der Waals surface area contributed by atoms with Gasteiger partial charge in [-0.3, -0.25) is 0 Å². The molecule has 3 nitrogen and oxygen atoms in total. The van der Waals surface area contributed by atoms with Gasteiger partial charge in [-0.2, -0.15) is 11.8 Å². The quantitative estimate of drug-likeness (QED) is 0.735. The highest BCUT2D eigenvalue weighted by molar-refractivity contribution is 7.98. The van der Waals surface area contributed by atoms with E-state index in [1.165, 1.54) is 5.56 Å². The molecule has 0 aliphatic rings. The van der Waals surface area contributed by atoms with Gasteiger partial charge >= 0.3 is 0 Å². The van der Waals surface area contributed by atoms with Gasteiger partial charge in [0, 0.05) is 18.8 Å². The van der Waals surface area contributed by atoms with Crippen LogP contribution in [0.15, 0.2) is 18.2 Å². The summed E-state index contributed by atoms with van der Waals surface area (Å²) in [5, 5.41) is 3.40. The molecule has 0 bridgehead atoms. The number of hydrogen-bond acceptors (Lipinski definition) is 4. The maximum Gasteiger partial charge on any atom is 0.161 e. The molecule has 0 fully saturated rings. The molecule has 0 heterocycles. The second kappa shape index (κ2) is 8.27. The Balaban J connectivity index is 2.60. The van der Waals surface area contributed by atoms with Gasteiger partial charge < -0.3 is 14.8 Å². The fourth-order valence-corrected chi connectivity index (χ4v) is 1.93. The van der Waals surface area contributed by atoms with E-state index in [0.29, 0.717) is 0 Å². The van der Waals surface area contributed by atoms with Crippen LogP contribution in [0, 0.1) is 0 Å². The highest BCUT2D eigenvalue weighted by Gasteiger charge is 2.07. The molecular weight excluding hydrogens is 246 g/mol. The maximum atomic E-state index is 5.69. The van der Waals surface area contributed by atoms with E-state index in [1.807, 2.05) is 37.7 Å². The third-order valence-corrected chi connectivity index (χ3v) is 3.02. The van der Waals surface area contributed by atoms with Gasteiger partial charge in [-0.1, -0.05) is 6.07 Å². The van der Waals surface area contributed by atoms with Crippen molar-refractivity contribution < 1.29 is 9.47 Å². The Bertz CT molecular complexity index is 356. The van der Waals surface area contributed by atoms with E-state index in [9.17, 15) is 0 Å². The Morgan fingerprint density at radius 3 is 2.67 bits per heavy atom. The zero-order chi connectivity index (χ0) is 13.4. The van der Waals surface area contributed by atoms with E-state index in [4.69, 9.17) is 9.47 Å². The van der Waals surface area contributed by atoms with E-state index >= 15 is 0 Å². The van der Waals surface area contributed by atoms with Gasteiger partial charge in [0.1, 0.15) is 0 Å². The topological polar surface area (TPSA) is 30.5 Å². The van der Waals surface area contributed by atoms with Crippen LogP contribution in [0.5, 0.6) is 11.5 Å². The molecule has 0 spiro atoms. The fourth-order valence-electron chi connectivity index (χ4n) is 1.58. The Morgan fingerprint density at radius 2 is 2.06 bits per heavy atom. The van der Waals surface area contributed by atoms with E-state index in [1.54, 1.807) is 7.11 Å². The molecule has 0 amide bonds. The Hall–Kier alpha value is -0.870. The molecule has 1 aromatic rings. The van der Waals surface area contributed by atoms with Gasteiger partial charge in [0.25, 0.3) is 0 Å². The highest BCUT2D eigenvalue weighted by Crippen LogP contribution is 2.28. The largest absolute Gasteiger partial charge is 0.493 e. The van der Waals surface area contributed by atoms with E-state index < -0.39 is 0 Å². The Kier molecular flexibility index (Phi) is 6.98. The van der Waals surface area contributed by atoms with Crippen LogP contribution in [-0.2, 0) is 6.54 Å². The number of nitrogens with one attached hydrogen (secondary N) is 1. The lowest BCUT2D eigenvalue weighted by atomic mass is 10.2. The predicted octanol–water partition coefficient (Wildman–Crippen LogP) is 2.94. The summed E-state index contributed by atoms with van der Waals surface area (Å²) in [6, 6.07) is 6.08. The second-order valence-electron chi connectivity index (χ2n) is 4.32. The number of rotatable bonds is 8. The summed E-state index contributed by atoms with van der Waals surface area (Å²) in [4.78, 5) is 0. The van der Waals surface area contributed by atoms with Gasteiger partial charge in [0.15, 0.2) is 11.5 Å². The molecule has 0 radical (unpaired) electrons. The van der Waals surface area contributed by atoms with Crippen LogP contribution >= 0.6 is 11.8 Å². The van der Waals surface area contributed by atoms with Gasteiger partial charge in [0.2, 0.25) is 0 Å². The van der Waals surface area contributed by atoms with Crippen LogP contribution in [0.2, 0.25) is 0 Å². The van der Waals surface area contributed by atoms with Crippen molar-refractivity contribution >= 4 is 11.8 Å². The minimum absolute atomic E-state index is 0.157. The molecule has 0 aliphatic carbocycles. The summed E-state index contributed by atoms with van der Waals surface area (Å²) >= 11 is 1.85. The van der Waals surface area contributed by atoms with Crippen molar-refractivity contribution in [3.63, 3.8) is 0 Å². The first-order valence-corrected chi connectivity index (χ1v) is 7.60. The van der Waals surface area contributed by atoms with Crippen LogP contribution in [0.4, 0.5) is 0 Å². The minimum Gasteiger partial charge on any atom is -0.493 e. The third-order valence-electron chi connectivity index (χ3n) is 2.40. The molecule has 0 aliphatic heterocycles. The SMILES string of the molecule is COc1cc(CNCCSC)ccc1OC(C)C. The average Bonchev–Trinajstić information content (AvgIpc) is 2.35. The first-order valence-electron chi connectivity index (χ1n) is 6.20. The molecule has 1 rings (SSSR count). The number of hydrogen-bond donors (Lipinski definition) is 1. The van der Waals surface area contributed by atoms with E-state index in [-0.39, 0.29) is 6.10 Å². The van der Waals surface area contributed by atoms with Crippen molar-refractivity contribution in [2.24, 2.45) is 0 Å². The zero-order valence-electron chi connectivity index (χ0n) is 11.7. The van der Waals surface area contributed by atoms with Crippen LogP contribution in [-0.4, -0.2) is 31.8 Å². The van der Waals surface area contributed by atoms with Gasteiger partial charge in [-0.25, -0.2) is 0 Å². The lowest BCUT2D eigenvalue weighted by Crippen LogP contribution is -2.16. The Morgan fingerprint density at radius 1 is 1.28 bits per heavy atom. The van der Waals surface area contributed by atoms with Crippen LogP contribution < -0.4 is 14.8 Å². The third kappa shape index (κ3) is 5.19. The first-order chi connectivity index (χ1) is 8.67. The molecule has 0 unspecified atom stereocenters. The molecule has 0 saturated carbocycles. The van der Waals surface area contributed by atoms with Crippen molar-refractivity contribution in [3.8, 4) is 11.5 Å². The van der Waals surface area contributed by atoms with Crippen molar-refractivity contribution in [2.45, 2.75) is 26.5 Å². The minimum atomic E-state index is 0.157. The molecule has 1 N–H and O–H groups in total. The number of methoxy groups -OCH3 is 1. The molecule has 1 aromatic carbocycles. The lowest BCUT2D eigenvalue weighted by molar-refractivity contribution is 0.230. The molecule has 0 atom stereocenters. The normalized spacial score (nSPS) is 10.7. The molecule has 18 heavy (non-hydrogen) atoms. The zero-order valence-corrected chi connectivity index (χ0v) is 12.5. The second-order valence-corrected chi connectivity index (χ2v) is 5.31. The van der Waals surface area contributed by atoms with Crippen molar-refractivity contribution in [3.05, 3.63) is 23.8 Å². The molecule has 0 aromatic heterocycles. The standard InChI is InChI=1S/C14H23NO2S/c1-11(2)17-13-6-5-12(9-14(13)16-3)10-15-7-8-18-4/h5-6,9,11,15H,7-8,10H2,1-4H3. The summed E-state index contributed by atoms with van der Waals surface area (Å²) in [5.74, 6) is 2.74. The molecule has 0 saturated heterocycles. The van der Waals surface area contributed by atoms with Crippen LogP contribution in [0.3, 0.4) is 0 Å². The number of thioether (sulfide) groups is 1. The predicted molar refractivity (Wildman–Crippen MR) is 78.8 cm³/mol. The van der Waals surface area contributed by atoms with Crippen molar-refractivity contribution in [1.82, 2.24) is 5.32 Å². The fraction of sp³-hybridized carbons (Fsp3) is 0.571. The summed E-state index contributed by atoms with van der Waals surface area (Å²) in [7, 11) is 1.67. The summed E-state index contributed by atoms with van der Waals surface area (Å²) < 4.78 is 11.0. The number of benzene rings is 1. The number of ether oxygens (including phenoxy) is 2. The summed E-state index contributed by atoms with van der Waals surface area (Å²) in [5.41, 5.74) is 1.21. The Labute approximate surface area is 114 Å². The first kappa shape index (κ1) is 15.2. The summed E-state index contributed by atoms with van der Waals surface area (Å²) in [6.45, 7) is 5.90. The van der Waals surface area contributed by atoms with Crippen molar-refractivity contribution in [2.75, 3.05) is 25.7 Å². The van der Waals surface area contributed by atoms with Crippen LogP contribution in [0.1, 0.15) is 19.4 Å². The van der Waals surface area contributed by atoms with Crippen LogP contribution in [0.25, 0.3) is 0 Å². The van der Waals surface area contributed by atoms with Gasteiger partial charge in [-0.15, -0.1) is 0 Å². The lowest BCUT2D eigenvalue weighted by Gasteiger charge is -2.14. The average molecular weight is 269 g/mol. The van der Waals surface area contributed by atoms with Gasteiger partial charge in [0.05, 0.1) is 13.2 Å². The molecular formula is C14H23NO2S.